The van der Waals surface area contributed by atoms with Gasteiger partial charge in [-0.25, -0.2) is 4.98 Å². The quantitative estimate of drug-likeness (QED) is 0.177. The van der Waals surface area contributed by atoms with Crippen LogP contribution in [0.3, 0.4) is 0 Å². The lowest BCUT2D eigenvalue weighted by Gasteiger charge is -2.38. The summed E-state index contributed by atoms with van der Waals surface area (Å²) in [7, 11) is 0. The number of ether oxygens (including phenoxy) is 1. The number of nitrogens with two attached hydrogens (primary N) is 1. The number of carboxylic acids is 1. The van der Waals surface area contributed by atoms with Crippen LogP contribution in [-0.2, 0) is 25.5 Å². The third kappa shape index (κ3) is 11.2. The number of nitrogens with zero attached hydrogens (tertiary/aromatic N) is 2. The second-order valence-electron chi connectivity index (χ2n) is 12.9. The van der Waals surface area contributed by atoms with Gasteiger partial charge in [0.05, 0.1) is 11.5 Å². The molecule has 0 radical (unpaired) electrons. The van der Waals surface area contributed by atoms with Gasteiger partial charge < -0.3 is 25.8 Å². The molecule has 0 spiro atoms. The average molecular weight is 645 g/mol. The maximum Gasteiger partial charge on any atom is 0.309 e. The first-order valence-electron chi connectivity index (χ1n) is 15.9. The molecule has 0 fully saturated rings. The van der Waals surface area contributed by atoms with Gasteiger partial charge in [0.25, 0.3) is 5.91 Å². The number of carboxylic acid groups (broad SMARTS) is 1. The molecule has 2 aromatic rings. The minimum absolute atomic E-state index is 0.0146. The van der Waals surface area contributed by atoms with Gasteiger partial charge >= 0.3 is 11.9 Å². The Labute approximate surface area is 272 Å². The van der Waals surface area contributed by atoms with Gasteiger partial charge in [0, 0.05) is 37.4 Å². The molecule has 11 heteroatoms. The summed E-state index contributed by atoms with van der Waals surface area (Å²) in [5, 5.41) is 14.8. The third-order valence-electron chi connectivity index (χ3n) is 8.25. The fraction of sp³-hybridized carbons (Fsp3) is 0.618. The van der Waals surface area contributed by atoms with E-state index in [1.54, 1.807) is 19.2 Å². The molecule has 2 amide bonds. The van der Waals surface area contributed by atoms with E-state index >= 15 is 0 Å². The summed E-state index contributed by atoms with van der Waals surface area (Å²) in [4.78, 5) is 57.5. The van der Waals surface area contributed by atoms with Gasteiger partial charge in [-0.15, -0.1) is 11.3 Å². The SMILES string of the molecule is CCCN(C(=O)[C@@H](N)[C@@H](C)CC)[C@H](C[C@@H](OC(C)=O)c1nc(C(=O)NC(Cc2ccccc2)CC(C)(C)C(=O)O)cs1)C(C)C. The molecular weight excluding hydrogens is 592 g/mol. The molecule has 250 valence electrons. The molecule has 10 nitrogen and oxygen atoms in total. The first-order chi connectivity index (χ1) is 21.1. The van der Waals surface area contributed by atoms with Crippen LogP contribution in [0.1, 0.15) is 108 Å². The number of aliphatic carboxylic acids is 1. The Morgan fingerprint density at radius 1 is 1.11 bits per heavy atom. The molecule has 0 bridgehead atoms. The first-order valence-corrected chi connectivity index (χ1v) is 16.8. The van der Waals surface area contributed by atoms with Gasteiger partial charge in [-0.2, -0.15) is 0 Å². The van der Waals surface area contributed by atoms with Crippen LogP contribution in [0, 0.1) is 17.3 Å². The van der Waals surface area contributed by atoms with E-state index in [9.17, 15) is 24.3 Å². The Hall–Kier alpha value is -3.31. The zero-order valence-corrected chi connectivity index (χ0v) is 28.9. The van der Waals surface area contributed by atoms with Gasteiger partial charge in [0.15, 0.2) is 6.10 Å². The summed E-state index contributed by atoms with van der Waals surface area (Å²) in [5.41, 5.74) is 6.44. The van der Waals surface area contributed by atoms with Crippen molar-refractivity contribution in [3.05, 3.63) is 52.0 Å². The number of benzene rings is 1. The Balaban J connectivity index is 2.35. The average Bonchev–Trinajstić information content (AvgIpc) is 3.47. The molecule has 45 heavy (non-hydrogen) atoms. The topological polar surface area (TPSA) is 152 Å². The monoisotopic (exact) mass is 644 g/mol. The molecule has 5 atom stereocenters. The van der Waals surface area contributed by atoms with Crippen molar-refractivity contribution in [2.45, 2.75) is 112 Å². The summed E-state index contributed by atoms with van der Waals surface area (Å²) in [6, 6.07) is 8.18. The number of amides is 2. The lowest BCUT2D eigenvalue weighted by atomic mass is 9.84. The second-order valence-corrected chi connectivity index (χ2v) is 13.8. The van der Waals surface area contributed by atoms with Gasteiger partial charge in [-0.05, 0) is 50.5 Å². The highest BCUT2D eigenvalue weighted by Gasteiger charge is 2.36. The molecule has 0 saturated heterocycles. The van der Waals surface area contributed by atoms with Crippen molar-refractivity contribution in [3.8, 4) is 0 Å². The van der Waals surface area contributed by atoms with E-state index in [1.165, 1.54) is 18.3 Å². The first kappa shape index (κ1) is 37.9. The normalized spacial score (nSPS) is 15.1. The van der Waals surface area contributed by atoms with Crippen molar-refractivity contribution < 1.29 is 29.0 Å². The Morgan fingerprint density at radius 3 is 2.29 bits per heavy atom. The van der Waals surface area contributed by atoms with Crippen molar-refractivity contribution in [1.29, 1.82) is 0 Å². The van der Waals surface area contributed by atoms with Crippen LogP contribution in [0.4, 0.5) is 0 Å². The molecule has 1 heterocycles. The van der Waals surface area contributed by atoms with E-state index < -0.39 is 41.4 Å². The molecule has 4 N–H and O–H groups in total. The van der Waals surface area contributed by atoms with E-state index in [1.807, 2.05) is 69.9 Å². The molecule has 0 aliphatic carbocycles. The zero-order chi connectivity index (χ0) is 33.9. The fourth-order valence-corrected chi connectivity index (χ4v) is 6.16. The van der Waals surface area contributed by atoms with Crippen molar-refractivity contribution in [1.82, 2.24) is 15.2 Å². The number of carbonyl (C=O) groups is 4. The summed E-state index contributed by atoms with van der Waals surface area (Å²) in [6.07, 6.45) is 1.70. The van der Waals surface area contributed by atoms with Crippen LogP contribution < -0.4 is 11.1 Å². The van der Waals surface area contributed by atoms with E-state index in [-0.39, 0.29) is 35.9 Å². The molecular formula is C34H52N4O6S. The van der Waals surface area contributed by atoms with Crippen LogP contribution in [0.5, 0.6) is 0 Å². The van der Waals surface area contributed by atoms with Gasteiger partial charge in [-0.1, -0.05) is 71.4 Å². The van der Waals surface area contributed by atoms with Crippen LogP contribution in [0.15, 0.2) is 35.7 Å². The van der Waals surface area contributed by atoms with Gasteiger partial charge in [0.2, 0.25) is 5.91 Å². The van der Waals surface area contributed by atoms with E-state index in [2.05, 4.69) is 10.3 Å². The molecule has 0 aliphatic rings. The van der Waals surface area contributed by atoms with Gasteiger partial charge in [0.1, 0.15) is 10.7 Å². The van der Waals surface area contributed by atoms with Crippen LogP contribution in [-0.4, -0.2) is 63.4 Å². The van der Waals surface area contributed by atoms with Crippen molar-refractivity contribution in [2.75, 3.05) is 6.54 Å². The number of thiazole rings is 1. The van der Waals surface area contributed by atoms with E-state index in [0.717, 1.165) is 18.4 Å². The molecule has 0 saturated carbocycles. The van der Waals surface area contributed by atoms with E-state index in [4.69, 9.17) is 10.5 Å². The molecule has 0 aliphatic heterocycles. The Bertz CT molecular complexity index is 1260. The number of nitrogens with one attached hydrogen (secondary N) is 1. The third-order valence-corrected chi connectivity index (χ3v) is 9.19. The smallest absolute Gasteiger partial charge is 0.309 e. The molecule has 1 aromatic heterocycles. The zero-order valence-electron chi connectivity index (χ0n) is 28.0. The maximum atomic E-state index is 13.6. The largest absolute Gasteiger partial charge is 0.481 e. The number of aromatic nitrogens is 1. The number of carbonyl (C=O) groups excluding carboxylic acids is 3. The summed E-state index contributed by atoms with van der Waals surface area (Å²) in [6.45, 7) is 15.1. The molecule has 1 aromatic carbocycles. The predicted molar refractivity (Wildman–Crippen MR) is 177 cm³/mol. The standard InChI is InChI=1S/C34H52N4O6S/c1-9-16-38(32(41)29(35)22(5)10-2)27(21(3)4)18-28(44-23(6)39)31-37-26(20-45-31)30(40)36-25(19-34(7,8)33(42)43)17-24-14-12-11-13-15-24/h11-15,20-22,25,27-29H,9-10,16-19,35H2,1-8H3,(H,36,40)(H,42,43)/t22-,25?,27+,28+,29-/m0/s1. The molecule has 2 rings (SSSR count). The van der Waals surface area contributed by atoms with Crippen molar-refractivity contribution in [2.24, 2.45) is 23.0 Å². The fourth-order valence-electron chi connectivity index (χ4n) is 5.32. The van der Waals surface area contributed by atoms with Crippen molar-refractivity contribution >= 4 is 35.1 Å². The molecule has 1 unspecified atom stereocenters. The van der Waals surface area contributed by atoms with Crippen LogP contribution in [0.25, 0.3) is 0 Å². The highest BCUT2D eigenvalue weighted by molar-refractivity contribution is 7.09. The summed E-state index contributed by atoms with van der Waals surface area (Å²) in [5.74, 6) is -1.96. The number of hydrogen-bond acceptors (Lipinski definition) is 8. The highest BCUT2D eigenvalue weighted by atomic mass is 32.1. The van der Waals surface area contributed by atoms with Gasteiger partial charge in [-0.3, -0.25) is 19.2 Å². The lowest BCUT2D eigenvalue weighted by molar-refractivity contribution is -0.149. The number of hydrogen-bond donors (Lipinski definition) is 3. The van der Waals surface area contributed by atoms with Crippen LogP contribution in [0.2, 0.25) is 0 Å². The van der Waals surface area contributed by atoms with Crippen molar-refractivity contribution in [3.63, 3.8) is 0 Å². The summed E-state index contributed by atoms with van der Waals surface area (Å²) < 4.78 is 5.74. The minimum atomic E-state index is -1.06. The Kier molecular flexibility index (Phi) is 14.6. The lowest BCUT2D eigenvalue weighted by Crippen LogP contribution is -2.53. The second kappa shape index (κ2) is 17.4. The minimum Gasteiger partial charge on any atom is -0.481 e. The number of rotatable bonds is 18. The van der Waals surface area contributed by atoms with E-state index in [0.29, 0.717) is 24.4 Å². The Morgan fingerprint density at radius 2 is 1.76 bits per heavy atom. The predicted octanol–water partition coefficient (Wildman–Crippen LogP) is 5.62. The summed E-state index contributed by atoms with van der Waals surface area (Å²) >= 11 is 1.21. The highest BCUT2D eigenvalue weighted by Crippen LogP contribution is 2.32. The maximum absolute atomic E-state index is 13.6. The van der Waals surface area contributed by atoms with Crippen LogP contribution >= 0.6 is 11.3 Å². The number of esters is 1.